The minimum Gasteiger partial charge on any atom is -0.497 e. The molecular weight excluding hydrogens is 532 g/mol. The van der Waals surface area contributed by atoms with Crippen molar-refractivity contribution in [3.05, 3.63) is 58.1 Å². The Balaban J connectivity index is 1.77. The molecule has 0 bridgehead atoms. The standard InChI is InChI=1S/C30H41BrN2O4/c1-6-26(29(35)32-23-10-8-7-9-11-23)33(19-21-12-15-24(36-5)16-13-21)28(34)20-37-27-17-14-22(18-25(27)31)30(2,3)4/h12-18,23,26H,6-11,19-20H2,1-5H3,(H,32,35)/t26-/m1/s1. The molecule has 1 aliphatic rings. The quantitative estimate of drug-likeness (QED) is 0.358. The van der Waals surface area contributed by atoms with Crippen molar-refractivity contribution >= 4 is 27.7 Å². The van der Waals surface area contributed by atoms with E-state index in [4.69, 9.17) is 9.47 Å². The molecule has 6 nitrogen and oxygen atoms in total. The van der Waals surface area contributed by atoms with Gasteiger partial charge >= 0.3 is 0 Å². The molecule has 0 unspecified atom stereocenters. The number of nitrogens with one attached hydrogen (secondary N) is 1. The monoisotopic (exact) mass is 572 g/mol. The summed E-state index contributed by atoms with van der Waals surface area (Å²) >= 11 is 3.59. The van der Waals surface area contributed by atoms with Crippen LogP contribution in [0.15, 0.2) is 46.9 Å². The second-order valence-corrected chi connectivity index (χ2v) is 11.7. The Labute approximate surface area is 230 Å². The van der Waals surface area contributed by atoms with Crippen LogP contribution in [0.2, 0.25) is 0 Å². The molecule has 3 rings (SSSR count). The maximum absolute atomic E-state index is 13.6. The van der Waals surface area contributed by atoms with E-state index in [1.165, 1.54) is 12.0 Å². The molecule has 37 heavy (non-hydrogen) atoms. The molecular formula is C30H41BrN2O4. The van der Waals surface area contributed by atoms with Gasteiger partial charge in [-0.25, -0.2) is 0 Å². The summed E-state index contributed by atoms with van der Waals surface area (Å²) in [6.07, 6.45) is 5.99. The highest BCUT2D eigenvalue weighted by Crippen LogP contribution is 2.31. The van der Waals surface area contributed by atoms with Gasteiger partial charge < -0.3 is 19.7 Å². The van der Waals surface area contributed by atoms with Crippen LogP contribution in [0.1, 0.15) is 77.3 Å². The number of rotatable bonds is 10. The van der Waals surface area contributed by atoms with Gasteiger partial charge in [0.15, 0.2) is 6.61 Å². The molecule has 0 radical (unpaired) electrons. The van der Waals surface area contributed by atoms with Crippen molar-refractivity contribution in [2.24, 2.45) is 0 Å². The van der Waals surface area contributed by atoms with Gasteiger partial charge in [-0.3, -0.25) is 9.59 Å². The van der Waals surface area contributed by atoms with Gasteiger partial charge in [0, 0.05) is 12.6 Å². The van der Waals surface area contributed by atoms with Crippen molar-refractivity contribution < 1.29 is 19.1 Å². The summed E-state index contributed by atoms with van der Waals surface area (Å²) in [6.45, 7) is 8.56. The Morgan fingerprint density at radius 3 is 2.32 bits per heavy atom. The van der Waals surface area contributed by atoms with Crippen LogP contribution in [0.4, 0.5) is 0 Å². The van der Waals surface area contributed by atoms with Gasteiger partial charge in [0.05, 0.1) is 11.6 Å². The highest BCUT2D eigenvalue weighted by Gasteiger charge is 2.30. The van der Waals surface area contributed by atoms with Crippen LogP contribution in [0.3, 0.4) is 0 Å². The van der Waals surface area contributed by atoms with Gasteiger partial charge in [0.2, 0.25) is 5.91 Å². The van der Waals surface area contributed by atoms with E-state index >= 15 is 0 Å². The minimum atomic E-state index is -0.577. The Hall–Kier alpha value is -2.54. The highest BCUT2D eigenvalue weighted by atomic mass is 79.9. The Morgan fingerprint density at radius 2 is 1.76 bits per heavy atom. The summed E-state index contributed by atoms with van der Waals surface area (Å²) in [7, 11) is 1.62. The number of nitrogens with zero attached hydrogens (tertiary/aromatic N) is 1. The average Bonchev–Trinajstić information content (AvgIpc) is 2.88. The molecule has 0 spiro atoms. The first kappa shape index (κ1) is 29.0. The molecule has 2 amide bonds. The lowest BCUT2D eigenvalue weighted by Gasteiger charge is -2.32. The van der Waals surface area contributed by atoms with Crippen molar-refractivity contribution in [1.29, 1.82) is 0 Å². The number of hydrogen-bond donors (Lipinski definition) is 1. The SMILES string of the molecule is CC[C@H](C(=O)NC1CCCCC1)N(Cc1ccc(OC)cc1)C(=O)COc1ccc(C(C)(C)C)cc1Br. The van der Waals surface area contributed by atoms with Crippen molar-refractivity contribution in [3.8, 4) is 11.5 Å². The van der Waals surface area contributed by atoms with Crippen molar-refractivity contribution in [2.75, 3.05) is 13.7 Å². The number of carbonyl (C=O) groups excluding carboxylic acids is 2. The van der Waals surface area contributed by atoms with Gasteiger partial charge in [-0.1, -0.05) is 65.2 Å². The van der Waals surface area contributed by atoms with Crippen LogP contribution in [-0.2, 0) is 21.5 Å². The number of carbonyl (C=O) groups is 2. The molecule has 2 aromatic rings. The average molecular weight is 574 g/mol. The van der Waals surface area contributed by atoms with Crippen LogP contribution in [0, 0.1) is 0 Å². The lowest BCUT2D eigenvalue weighted by Crippen LogP contribution is -2.52. The number of methoxy groups -OCH3 is 1. The maximum atomic E-state index is 13.6. The molecule has 0 saturated heterocycles. The first-order valence-corrected chi connectivity index (χ1v) is 14.1. The fraction of sp³-hybridized carbons (Fsp3) is 0.533. The van der Waals surface area contributed by atoms with Gasteiger partial charge in [-0.2, -0.15) is 0 Å². The summed E-state index contributed by atoms with van der Waals surface area (Å²) in [5.74, 6) is 1.03. The fourth-order valence-corrected chi connectivity index (χ4v) is 5.19. The molecule has 0 heterocycles. The molecule has 1 aliphatic carbocycles. The molecule has 1 N–H and O–H groups in total. The molecule has 1 atom stereocenters. The van der Waals surface area contributed by atoms with Crippen LogP contribution in [0.25, 0.3) is 0 Å². The Kier molecular flexibility index (Phi) is 10.4. The molecule has 0 aliphatic heterocycles. The number of ether oxygens (including phenoxy) is 2. The number of amides is 2. The van der Waals surface area contributed by atoms with Gasteiger partial charge in [-0.05, 0) is 76.0 Å². The normalized spacial score (nSPS) is 15.1. The van der Waals surface area contributed by atoms with E-state index in [1.54, 1.807) is 12.0 Å². The zero-order valence-electron chi connectivity index (χ0n) is 22.8. The third-order valence-electron chi connectivity index (χ3n) is 7.00. The highest BCUT2D eigenvalue weighted by molar-refractivity contribution is 9.10. The third kappa shape index (κ3) is 8.22. The van der Waals surface area contributed by atoms with E-state index in [-0.39, 0.29) is 29.9 Å². The smallest absolute Gasteiger partial charge is 0.261 e. The number of benzene rings is 2. The van der Waals surface area contributed by atoms with Crippen molar-refractivity contribution in [1.82, 2.24) is 10.2 Å². The Bertz CT molecular complexity index is 1040. The summed E-state index contributed by atoms with van der Waals surface area (Å²) in [6, 6.07) is 13.1. The van der Waals surface area contributed by atoms with Crippen LogP contribution < -0.4 is 14.8 Å². The minimum absolute atomic E-state index is 0.00603. The van der Waals surface area contributed by atoms with Gasteiger partial charge in [0.1, 0.15) is 17.5 Å². The molecule has 7 heteroatoms. The zero-order chi connectivity index (χ0) is 27.0. The molecule has 2 aromatic carbocycles. The first-order valence-electron chi connectivity index (χ1n) is 13.3. The number of hydrogen-bond acceptors (Lipinski definition) is 4. The topological polar surface area (TPSA) is 67.9 Å². The van der Waals surface area contributed by atoms with Crippen LogP contribution in [0.5, 0.6) is 11.5 Å². The predicted octanol–water partition coefficient (Wildman–Crippen LogP) is 6.39. The van der Waals surface area contributed by atoms with Crippen molar-refractivity contribution in [3.63, 3.8) is 0 Å². The van der Waals surface area contributed by atoms with E-state index in [0.29, 0.717) is 18.7 Å². The Morgan fingerprint density at radius 1 is 1.08 bits per heavy atom. The van der Waals surface area contributed by atoms with E-state index in [0.717, 1.165) is 41.5 Å². The predicted molar refractivity (Wildman–Crippen MR) is 151 cm³/mol. The van der Waals surface area contributed by atoms with E-state index in [9.17, 15) is 9.59 Å². The molecule has 202 valence electrons. The van der Waals surface area contributed by atoms with E-state index in [1.807, 2.05) is 49.4 Å². The summed E-state index contributed by atoms with van der Waals surface area (Å²) in [5.41, 5.74) is 2.10. The van der Waals surface area contributed by atoms with Crippen LogP contribution >= 0.6 is 15.9 Å². The first-order chi connectivity index (χ1) is 17.6. The molecule has 1 saturated carbocycles. The summed E-state index contributed by atoms with van der Waals surface area (Å²) in [4.78, 5) is 28.6. The van der Waals surface area contributed by atoms with Crippen molar-refractivity contribution in [2.45, 2.75) is 90.3 Å². The molecule has 0 aromatic heterocycles. The molecule has 1 fully saturated rings. The second-order valence-electron chi connectivity index (χ2n) is 10.8. The lowest BCUT2D eigenvalue weighted by molar-refractivity contribution is -0.143. The maximum Gasteiger partial charge on any atom is 0.261 e. The van der Waals surface area contributed by atoms with Gasteiger partial charge in [-0.15, -0.1) is 0 Å². The van der Waals surface area contributed by atoms with Crippen LogP contribution in [-0.4, -0.2) is 42.5 Å². The third-order valence-corrected chi connectivity index (χ3v) is 7.62. The lowest BCUT2D eigenvalue weighted by atomic mass is 9.87. The van der Waals surface area contributed by atoms with Gasteiger partial charge in [0.25, 0.3) is 5.91 Å². The number of halogens is 1. The summed E-state index contributed by atoms with van der Waals surface area (Å²) in [5, 5.41) is 3.21. The fourth-order valence-electron chi connectivity index (χ4n) is 4.70. The largest absolute Gasteiger partial charge is 0.497 e. The second kappa shape index (κ2) is 13.3. The summed E-state index contributed by atoms with van der Waals surface area (Å²) < 4.78 is 12.0. The zero-order valence-corrected chi connectivity index (χ0v) is 24.4. The van der Waals surface area contributed by atoms with E-state index < -0.39 is 6.04 Å². The van der Waals surface area contributed by atoms with E-state index in [2.05, 4.69) is 42.0 Å².